The molecule has 0 aliphatic carbocycles. The van der Waals surface area contributed by atoms with Gasteiger partial charge in [0.1, 0.15) is 0 Å². The van der Waals surface area contributed by atoms with Crippen molar-refractivity contribution in [2.45, 2.75) is 18.9 Å². The van der Waals surface area contributed by atoms with Crippen molar-refractivity contribution < 1.29 is 0 Å². The van der Waals surface area contributed by atoms with Gasteiger partial charge in [0.25, 0.3) is 0 Å². The van der Waals surface area contributed by atoms with Gasteiger partial charge in [-0.3, -0.25) is 0 Å². The normalized spacial score (nSPS) is 20.8. The molecule has 1 aromatic carbocycles. The molecule has 0 saturated heterocycles. The molecular weight excluding hydrogens is 220 g/mol. The van der Waals surface area contributed by atoms with E-state index in [4.69, 9.17) is 11.6 Å². The molecule has 0 N–H and O–H groups in total. The van der Waals surface area contributed by atoms with E-state index >= 15 is 0 Å². The summed E-state index contributed by atoms with van der Waals surface area (Å²) >= 11 is 6.08. The van der Waals surface area contributed by atoms with E-state index in [9.17, 15) is 0 Å². The minimum Gasteiger partial charge on any atom is -0.374 e. The van der Waals surface area contributed by atoms with Gasteiger partial charge in [-0.1, -0.05) is 17.7 Å². The lowest BCUT2D eigenvalue weighted by Crippen LogP contribution is -2.20. The number of fused-ring (bicyclic) bond motifs is 1. The maximum atomic E-state index is 6.08. The zero-order valence-corrected chi connectivity index (χ0v) is 11.0. The van der Waals surface area contributed by atoms with Crippen molar-refractivity contribution in [2.75, 3.05) is 32.6 Å². The highest BCUT2D eigenvalue weighted by Gasteiger charge is 2.22. The van der Waals surface area contributed by atoms with Gasteiger partial charge in [0, 0.05) is 30.3 Å². The van der Waals surface area contributed by atoms with Crippen molar-refractivity contribution in [3.8, 4) is 0 Å². The van der Waals surface area contributed by atoms with Gasteiger partial charge in [-0.25, -0.2) is 0 Å². The van der Waals surface area contributed by atoms with E-state index in [-0.39, 0.29) is 0 Å². The number of hydrogen-bond donors (Lipinski definition) is 0. The van der Waals surface area contributed by atoms with Gasteiger partial charge < -0.3 is 9.80 Å². The molecule has 2 nitrogen and oxygen atoms in total. The van der Waals surface area contributed by atoms with Crippen LogP contribution in [-0.2, 0) is 0 Å². The lowest BCUT2D eigenvalue weighted by molar-refractivity contribution is 0.284. The van der Waals surface area contributed by atoms with Crippen LogP contribution in [0.25, 0.3) is 0 Å². The summed E-state index contributed by atoms with van der Waals surface area (Å²) in [5.41, 5.74) is 2.68. The second-order valence-electron chi connectivity index (χ2n) is 4.75. The van der Waals surface area contributed by atoms with Crippen LogP contribution < -0.4 is 4.90 Å². The summed E-state index contributed by atoms with van der Waals surface area (Å²) in [7, 11) is 6.44. The highest BCUT2D eigenvalue weighted by Crippen LogP contribution is 2.36. The van der Waals surface area contributed by atoms with E-state index in [2.05, 4.69) is 43.1 Å². The molecule has 0 amide bonds. The third-order valence-electron chi connectivity index (χ3n) is 3.36. The molecule has 0 spiro atoms. The van der Waals surface area contributed by atoms with E-state index in [0.717, 1.165) is 11.6 Å². The van der Waals surface area contributed by atoms with Gasteiger partial charge in [0.2, 0.25) is 0 Å². The first-order valence-corrected chi connectivity index (χ1v) is 6.14. The zero-order chi connectivity index (χ0) is 11.7. The minimum absolute atomic E-state index is 0.511. The molecule has 2 rings (SSSR count). The molecule has 0 fully saturated rings. The van der Waals surface area contributed by atoms with E-state index in [0.29, 0.717) is 6.04 Å². The molecule has 1 aliphatic heterocycles. The molecule has 3 heteroatoms. The van der Waals surface area contributed by atoms with Crippen molar-refractivity contribution in [3.05, 3.63) is 28.8 Å². The van der Waals surface area contributed by atoms with Crippen molar-refractivity contribution in [2.24, 2.45) is 0 Å². The summed E-state index contributed by atoms with van der Waals surface area (Å²) in [6, 6.07) is 6.76. The van der Waals surface area contributed by atoms with Gasteiger partial charge in [-0.2, -0.15) is 0 Å². The fourth-order valence-electron chi connectivity index (χ4n) is 2.46. The van der Waals surface area contributed by atoms with Gasteiger partial charge in [-0.05, 0) is 44.6 Å². The Labute approximate surface area is 103 Å². The standard InChI is InChI=1S/C13H19ClN2/c1-15(2)12-5-4-8-16(3)13-9-10(14)6-7-11(12)13/h6-7,9,12H,4-5,8H2,1-3H3. The lowest BCUT2D eigenvalue weighted by atomic mass is 10.0. The highest BCUT2D eigenvalue weighted by atomic mass is 35.5. The van der Waals surface area contributed by atoms with E-state index in [1.54, 1.807) is 0 Å². The molecular formula is C13H19ClN2. The molecule has 0 saturated carbocycles. The molecule has 1 unspecified atom stereocenters. The number of benzene rings is 1. The van der Waals surface area contributed by atoms with Gasteiger partial charge in [0.15, 0.2) is 0 Å². The quantitative estimate of drug-likeness (QED) is 0.742. The van der Waals surface area contributed by atoms with Gasteiger partial charge >= 0.3 is 0 Å². The highest BCUT2D eigenvalue weighted by molar-refractivity contribution is 6.30. The molecule has 0 radical (unpaired) electrons. The number of rotatable bonds is 1. The average molecular weight is 239 g/mol. The van der Waals surface area contributed by atoms with Crippen molar-refractivity contribution in [1.29, 1.82) is 0 Å². The summed E-state index contributed by atoms with van der Waals surface area (Å²) in [5.74, 6) is 0. The Bertz CT molecular complexity index is 376. The fraction of sp³-hybridized carbons (Fsp3) is 0.538. The Morgan fingerprint density at radius 3 is 2.81 bits per heavy atom. The van der Waals surface area contributed by atoms with E-state index in [1.165, 1.54) is 24.1 Å². The zero-order valence-electron chi connectivity index (χ0n) is 10.2. The largest absolute Gasteiger partial charge is 0.374 e. The van der Waals surface area contributed by atoms with Crippen molar-refractivity contribution in [1.82, 2.24) is 4.90 Å². The van der Waals surface area contributed by atoms with Crippen LogP contribution in [0.15, 0.2) is 18.2 Å². The Hall–Kier alpha value is -0.730. The molecule has 16 heavy (non-hydrogen) atoms. The lowest BCUT2D eigenvalue weighted by Gasteiger charge is -2.26. The third-order valence-corrected chi connectivity index (χ3v) is 3.59. The first kappa shape index (κ1) is 11.7. The van der Waals surface area contributed by atoms with Crippen LogP contribution in [0, 0.1) is 0 Å². The molecule has 1 aliphatic rings. The summed E-state index contributed by atoms with van der Waals surface area (Å²) < 4.78 is 0. The van der Waals surface area contributed by atoms with Crippen LogP contribution in [0.5, 0.6) is 0 Å². The van der Waals surface area contributed by atoms with Crippen LogP contribution in [0.1, 0.15) is 24.4 Å². The number of anilines is 1. The number of halogens is 1. The van der Waals surface area contributed by atoms with Crippen LogP contribution in [-0.4, -0.2) is 32.6 Å². The summed E-state index contributed by atoms with van der Waals surface area (Å²) in [6.45, 7) is 1.11. The van der Waals surface area contributed by atoms with Gasteiger partial charge in [-0.15, -0.1) is 0 Å². The SMILES string of the molecule is CN1CCCC(N(C)C)c2ccc(Cl)cc21. The average Bonchev–Trinajstić information content (AvgIpc) is 2.39. The Balaban J connectivity index is 2.47. The van der Waals surface area contributed by atoms with Crippen molar-refractivity contribution >= 4 is 17.3 Å². The summed E-state index contributed by atoms with van der Waals surface area (Å²) in [5, 5.41) is 0.824. The second kappa shape index (κ2) is 4.64. The maximum Gasteiger partial charge on any atom is 0.0427 e. The molecule has 1 atom stereocenters. The summed E-state index contributed by atoms with van der Waals surface area (Å²) in [6.07, 6.45) is 2.44. The number of hydrogen-bond acceptors (Lipinski definition) is 2. The third kappa shape index (κ3) is 2.18. The fourth-order valence-corrected chi connectivity index (χ4v) is 2.63. The molecule has 0 aromatic heterocycles. The van der Waals surface area contributed by atoms with E-state index in [1.807, 2.05) is 6.07 Å². The smallest absolute Gasteiger partial charge is 0.0427 e. The number of nitrogens with zero attached hydrogens (tertiary/aromatic N) is 2. The first-order valence-electron chi connectivity index (χ1n) is 5.76. The maximum absolute atomic E-state index is 6.08. The molecule has 88 valence electrons. The Morgan fingerprint density at radius 1 is 1.38 bits per heavy atom. The van der Waals surface area contributed by atoms with Gasteiger partial charge in [0.05, 0.1) is 0 Å². The van der Waals surface area contributed by atoms with Crippen LogP contribution in [0.3, 0.4) is 0 Å². The molecule has 1 aromatic rings. The Morgan fingerprint density at radius 2 is 2.12 bits per heavy atom. The monoisotopic (exact) mass is 238 g/mol. The first-order chi connectivity index (χ1) is 7.59. The predicted octanol–water partition coefficient (Wildman–Crippen LogP) is 3.17. The van der Waals surface area contributed by atoms with Crippen molar-refractivity contribution in [3.63, 3.8) is 0 Å². The minimum atomic E-state index is 0.511. The molecule has 0 bridgehead atoms. The Kier molecular flexibility index (Phi) is 3.41. The molecule has 1 heterocycles. The van der Waals surface area contributed by atoms with Crippen LogP contribution in [0.4, 0.5) is 5.69 Å². The van der Waals surface area contributed by atoms with Crippen LogP contribution in [0.2, 0.25) is 5.02 Å². The topological polar surface area (TPSA) is 6.48 Å². The van der Waals surface area contributed by atoms with E-state index < -0.39 is 0 Å². The predicted molar refractivity (Wildman–Crippen MR) is 70.4 cm³/mol. The second-order valence-corrected chi connectivity index (χ2v) is 5.18. The summed E-state index contributed by atoms with van der Waals surface area (Å²) in [4.78, 5) is 4.61. The van der Waals surface area contributed by atoms with Crippen LogP contribution >= 0.6 is 11.6 Å².